The molecule has 6 heteroatoms. The van der Waals surface area contributed by atoms with E-state index in [0.29, 0.717) is 0 Å². The van der Waals surface area contributed by atoms with Crippen LogP contribution in [0.1, 0.15) is 34.3 Å². The first-order valence-corrected chi connectivity index (χ1v) is 10.7. The van der Waals surface area contributed by atoms with Gasteiger partial charge in [0.25, 0.3) is 5.91 Å². The smallest absolute Gasteiger partial charge is 0.305 e. The highest BCUT2D eigenvalue weighted by Crippen LogP contribution is 2.30. The van der Waals surface area contributed by atoms with Gasteiger partial charge in [-0.1, -0.05) is 48.5 Å². The van der Waals surface area contributed by atoms with E-state index in [9.17, 15) is 18.0 Å². The third-order valence-corrected chi connectivity index (χ3v) is 5.88. The van der Waals surface area contributed by atoms with Crippen LogP contribution in [0.3, 0.4) is 0 Å². The Kier molecular flexibility index (Phi) is 6.61. The number of nitrogens with zero attached hydrogens (tertiary/aromatic N) is 2. The maximum Gasteiger partial charge on any atom is 0.416 e. The molecule has 3 aromatic rings. The molecule has 3 aromatic carbocycles. The highest BCUT2D eigenvalue weighted by atomic mass is 19.4. The molecule has 1 aliphatic rings. The number of benzene rings is 3. The number of likely N-dealkylation sites (tertiary alicyclic amines) is 1. The van der Waals surface area contributed by atoms with Crippen molar-refractivity contribution < 1.29 is 18.0 Å². The quantitative estimate of drug-likeness (QED) is 0.487. The minimum atomic E-state index is -4.42. The molecule has 1 heterocycles. The van der Waals surface area contributed by atoms with Crippen LogP contribution < -0.4 is 4.90 Å². The SMILES string of the molecule is O=C(c1ccc(C(F)(F)F)cc1)N(c1ccccc1)C1CCN(Cc2ccccc2)CC1. The van der Waals surface area contributed by atoms with Crippen molar-refractivity contribution in [2.24, 2.45) is 0 Å². The molecule has 0 saturated carbocycles. The summed E-state index contributed by atoms with van der Waals surface area (Å²) in [7, 11) is 0. The van der Waals surface area contributed by atoms with Crippen LogP contribution in [0.25, 0.3) is 0 Å². The Bertz CT molecular complexity index is 1010. The molecule has 0 radical (unpaired) electrons. The third kappa shape index (κ3) is 5.19. The molecule has 0 N–H and O–H groups in total. The Morgan fingerprint density at radius 1 is 0.844 bits per heavy atom. The van der Waals surface area contributed by atoms with E-state index < -0.39 is 11.7 Å². The van der Waals surface area contributed by atoms with Gasteiger partial charge in [-0.15, -0.1) is 0 Å². The van der Waals surface area contributed by atoms with E-state index in [1.165, 1.54) is 17.7 Å². The fourth-order valence-electron chi connectivity index (χ4n) is 4.20. The average Bonchev–Trinajstić information content (AvgIpc) is 2.81. The predicted molar refractivity (Wildman–Crippen MR) is 119 cm³/mol. The first-order chi connectivity index (χ1) is 15.4. The summed E-state index contributed by atoms with van der Waals surface area (Å²) in [5, 5.41) is 0. The van der Waals surface area contributed by atoms with Gasteiger partial charge in [-0.3, -0.25) is 9.69 Å². The van der Waals surface area contributed by atoms with Crippen LogP contribution in [0.15, 0.2) is 84.9 Å². The summed E-state index contributed by atoms with van der Waals surface area (Å²) in [6, 6.07) is 24.1. The molecule has 0 spiro atoms. The van der Waals surface area contributed by atoms with Crippen molar-refractivity contribution in [2.45, 2.75) is 31.6 Å². The molecule has 0 unspecified atom stereocenters. The maximum atomic E-state index is 13.4. The van der Waals surface area contributed by atoms with Gasteiger partial charge in [-0.25, -0.2) is 0 Å². The summed E-state index contributed by atoms with van der Waals surface area (Å²) in [6.45, 7) is 2.57. The molecular formula is C26H25F3N2O. The Balaban J connectivity index is 1.51. The van der Waals surface area contributed by atoms with Gasteiger partial charge < -0.3 is 4.90 Å². The molecule has 0 atom stereocenters. The number of rotatable bonds is 5. The van der Waals surface area contributed by atoms with Crippen LogP contribution in [0.5, 0.6) is 0 Å². The molecule has 32 heavy (non-hydrogen) atoms. The Hall–Kier alpha value is -3.12. The molecule has 1 fully saturated rings. The summed E-state index contributed by atoms with van der Waals surface area (Å²) < 4.78 is 38.8. The van der Waals surface area contributed by atoms with Crippen LogP contribution in [-0.4, -0.2) is 29.9 Å². The lowest BCUT2D eigenvalue weighted by Gasteiger charge is -2.38. The Labute approximate surface area is 186 Å². The Morgan fingerprint density at radius 3 is 1.97 bits per heavy atom. The van der Waals surface area contributed by atoms with Crippen LogP contribution in [-0.2, 0) is 12.7 Å². The standard InChI is InChI=1S/C26H25F3N2O/c27-26(28,29)22-13-11-21(12-14-22)25(32)31(23-9-5-2-6-10-23)24-15-17-30(18-16-24)19-20-7-3-1-4-8-20/h1-14,24H,15-19H2. The van der Waals surface area contributed by atoms with Crippen LogP contribution in [0.4, 0.5) is 18.9 Å². The summed E-state index contributed by atoms with van der Waals surface area (Å²) >= 11 is 0. The van der Waals surface area contributed by atoms with Crippen LogP contribution >= 0.6 is 0 Å². The fraction of sp³-hybridized carbons (Fsp3) is 0.269. The summed E-state index contributed by atoms with van der Waals surface area (Å²) in [5.41, 5.74) is 1.52. The topological polar surface area (TPSA) is 23.6 Å². The van der Waals surface area contributed by atoms with Gasteiger partial charge in [-0.2, -0.15) is 13.2 Å². The maximum absolute atomic E-state index is 13.4. The van der Waals surface area contributed by atoms with E-state index in [1.54, 1.807) is 4.90 Å². The van der Waals surface area contributed by atoms with E-state index in [2.05, 4.69) is 17.0 Å². The molecule has 3 nitrogen and oxygen atoms in total. The lowest BCUT2D eigenvalue weighted by molar-refractivity contribution is -0.137. The number of amides is 1. The monoisotopic (exact) mass is 438 g/mol. The van der Waals surface area contributed by atoms with Gasteiger partial charge in [0, 0.05) is 36.9 Å². The third-order valence-electron chi connectivity index (χ3n) is 5.88. The number of para-hydroxylation sites is 1. The summed E-state index contributed by atoms with van der Waals surface area (Å²) in [4.78, 5) is 17.5. The first-order valence-electron chi connectivity index (χ1n) is 10.7. The molecule has 1 saturated heterocycles. The van der Waals surface area contributed by atoms with Gasteiger partial charge >= 0.3 is 6.18 Å². The van der Waals surface area contributed by atoms with Crippen molar-refractivity contribution >= 4 is 11.6 Å². The molecule has 166 valence electrons. The van der Waals surface area contributed by atoms with Gasteiger partial charge in [0.2, 0.25) is 0 Å². The van der Waals surface area contributed by atoms with Crippen molar-refractivity contribution in [3.8, 4) is 0 Å². The van der Waals surface area contributed by atoms with Crippen molar-refractivity contribution in [1.29, 1.82) is 0 Å². The largest absolute Gasteiger partial charge is 0.416 e. The van der Waals surface area contributed by atoms with E-state index in [4.69, 9.17) is 0 Å². The lowest BCUT2D eigenvalue weighted by atomic mass is 10.00. The molecule has 4 rings (SSSR count). The summed E-state index contributed by atoms with van der Waals surface area (Å²) in [5.74, 6) is -0.272. The second kappa shape index (κ2) is 9.57. The number of piperidine rings is 1. The number of hydrogen-bond donors (Lipinski definition) is 0. The number of halogens is 3. The minimum absolute atomic E-state index is 0.0146. The number of carbonyl (C=O) groups is 1. The van der Waals surface area contributed by atoms with Crippen molar-refractivity contribution in [1.82, 2.24) is 4.90 Å². The normalized spacial score (nSPS) is 15.5. The van der Waals surface area contributed by atoms with E-state index in [0.717, 1.165) is 50.3 Å². The molecular weight excluding hydrogens is 413 g/mol. The average molecular weight is 438 g/mol. The van der Waals surface area contributed by atoms with E-state index in [1.807, 2.05) is 48.5 Å². The van der Waals surface area contributed by atoms with Crippen LogP contribution in [0, 0.1) is 0 Å². The van der Waals surface area contributed by atoms with Crippen molar-refractivity contribution in [3.05, 3.63) is 102 Å². The zero-order valence-electron chi connectivity index (χ0n) is 17.6. The number of carbonyl (C=O) groups excluding carboxylic acids is 1. The van der Waals surface area contributed by atoms with Crippen molar-refractivity contribution in [2.75, 3.05) is 18.0 Å². The molecule has 1 aliphatic heterocycles. The fourth-order valence-corrected chi connectivity index (χ4v) is 4.20. The second-order valence-corrected chi connectivity index (χ2v) is 8.08. The Morgan fingerprint density at radius 2 is 1.41 bits per heavy atom. The second-order valence-electron chi connectivity index (χ2n) is 8.08. The van der Waals surface area contributed by atoms with Crippen LogP contribution in [0.2, 0.25) is 0 Å². The number of hydrogen-bond acceptors (Lipinski definition) is 2. The number of anilines is 1. The van der Waals surface area contributed by atoms with E-state index >= 15 is 0 Å². The first kappa shape index (κ1) is 22.1. The lowest BCUT2D eigenvalue weighted by Crippen LogP contribution is -2.47. The van der Waals surface area contributed by atoms with Crippen molar-refractivity contribution in [3.63, 3.8) is 0 Å². The van der Waals surface area contributed by atoms with Gasteiger partial charge in [0.15, 0.2) is 0 Å². The van der Waals surface area contributed by atoms with Gasteiger partial charge in [-0.05, 0) is 54.8 Å². The molecule has 0 bridgehead atoms. The van der Waals surface area contributed by atoms with E-state index in [-0.39, 0.29) is 17.5 Å². The highest BCUT2D eigenvalue weighted by Gasteiger charge is 2.32. The summed E-state index contributed by atoms with van der Waals surface area (Å²) in [6.07, 6.45) is -2.82. The minimum Gasteiger partial charge on any atom is -0.305 e. The molecule has 0 aromatic heterocycles. The van der Waals surface area contributed by atoms with Gasteiger partial charge in [0.1, 0.15) is 0 Å². The zero-order chi connectivity index (χ0) is 22.6. The zero-order valence-corrected chi connectivity index (χ0v) is 17.6. The predicted octanol–water partition coefficient (Wildman–Crippen LogP) is 6.02. The molecule has 0 aliphatic carbocycles. The highest BCUT2D eigenvalue weighted by molar-refractivity contribution is 6.06. The van der Waals surface area contributed by atoms with Gasteiger partial charge in [0.05, 0.1) is 5.56 Å². The molecule has 1 amide bonds. The number of alkyl halides is 3.